The first-order valence-electron chi connectivity index (χ1n) is 8.23. The molecule has 0 spiro atoms. The Balaban J connectivity index is 1.75. The SMILES string of the molecule is CC1(C)CC2CC(C)(CN2S(=O)(=O)c2ccc3[nH]c(=O)oc3c2)C1. The van der Waals surface area contributed by atoms with Crippen LogP contribution in [0.25, 0.3) is 11.1 Å². The van der Waals surface area contributed by atoms with E-state index in [0.717, 1.165) is 19.3 Å². The van der Waals surface area contributed by atoms with Gasteiger partial charge in [-0.15, -0.1) is 0 Å². The highest BCUT2D eigenvalue weighted by Crippen LogP contribution is 2.53. The summed E-state index contributed by atoms with van der Waals surface area (Å²) in [7, 11) is -3.61. The van der Waals surface area contributed by atoms with Gasteiger partial charge in [0, 0.05) is 18.7 Å². The van der Waals surface area contributed by atoms with Crippen molar-refractivity contribution in [3.05, 3.63) is 28.7 Å². The topological polar surface area (TPSA) is 83.4 Å². The summed E-state index contributed by atoms with van der Waals surface area (Å²) in [6, 6.07) is 4.61. The fraction of sp³-hybridized carbons (Fsp3) is 0.588. The van der Waals surface area contributed by atoms with Crippen LogP contribution in [0, 0.1) is 10.8 Å². The molecule has 2 unspecified atom stereocenters. The van der Waals surface area contributed by atoms with Gasteiger partial charge in [0.05, 0.1) is 10.4 Å². The highest BCUT2D eigenvalue weighted by molar-refractivity contribution is 7.89. The molecule has 2 aromatic rings. The zero-order valence-corrected chi connectivity index (χ0v) is 14.9. The van der Waals surface area contributed by atoms with Gasteiger partial charge in [0.15, 0.2) is 5.58 Å². The Morgan fingerprint density at radius 2 is 2.00 bits per heavy atom. The van der Waals surface area contributed by atoms with Gasteiger partial charge in [0.1, 0.15) is 0 Å². The second-order valence-corrected chi connectivity index (χ2v) is 10.3. The van der Waals surface area contributed by atoms with Gasteiger partial charge in [-0.2, -0.15) is 4.31 Å². The number of H-pyrrole nitrogens is 1. The average molecular weight is 350 g/mol. The summed E-state index contributed by atoms with van der Waals surface area (Å²) in [5.74, 6) is -0.578. The first-order valence-corrected chi connectivity index (χ1v) is 9.67. The molecule has 24 heavy (non-hydrogen) atoms. The molecule has 1 saturated heterocycles. The van der Waals surface area contributed by atoms with E-state index in [4.69, 9.17) is 4.42 Å². The molecular formula is C17H22N2O4S. The Labute approximate surface area is 140 Å². The summed E-state index contributed by atoms with van der Waals surface area (Å²) in [6.45, 7) is 7.17. The van der Waals surface area contributed by atoms with Crippen molar-refractivity contribution in [2.24, 2.45) is 10.8 Å². The third-order valence-corrected chi connectivity index (χ3v) is 7.26. The minimum absolute atomic E-state index is 0.0320. The van der Waals surface area contributed by atoms with Crippen LogP contribution in [0.3, 0.4) is 0 Å². The number of nitrogens with one attached hydrogen (secondary N) is 1. The van der Waals surface area contributed by atoms with Crippen LogP contribution in [0.1, 0.15) is 40.0 Å². The largest absolute Gasteiger partial charge is 0.417 e. The lowest BCUT2D eigenvalue weighted by Gasteiger charge is -2.39. The predicted molar refractivity (Wildman–Crippen MR) is 90.3 cm³/mol. The van der Waals surface area contributed by atoms with E-state index in [-0.39, 0.29) is 27.4 Å². The van der Waals surface area contributed by atoms with Crippen LogP contribution in [0.5, 0.6) is 0 Å². The number of nitrogens with zero attached hydrogens (tertiary/aromatic N) is 1. The quantitative estimate of drug-likeness (QED) is 0.903. The van der Waals surface area contributed by atoms with E-state index in [9.17, 15) is 13.2 Å². The molecule has 1 N–H and O–H groups in total. The number of oxazole rings is 1. The summed E-state index contributed by atoms with van der Waals surface area (Å²) in [5, 5.41) is 0. The Morgan fingerprint density at radius 3 is 2.75 bits per heavy atom. The molecular weight excluding hydrogens is 328 g/mol. The van der Waals surface area contributed by atoms with Crippen molar-refractivity contribution in [2.45, 2.75) is 51.0 Å². The smallest absolute Gasteiger partial charge is 0.408 e. The Kier molecular flexibility index (Phi) is 3.13. The van der Waals surface area contributed by atoms with Crippen LogP contribution >= 0.6 is 0 Å². The second kappa shape index (κ2) is 4.73. The van der Waals surface area contributed by atoms with Crippen molar-refractivity contribution in [2.75, 3.05) is 6.54 Å². The molecule has 2 heterocycles. The molecule has 2 bridgehead atoms. The van der Waals surface area contributed by atoms with Crippen LogP contribution in [-0.4, -0.2) is 30.3 Å². The van der Waals surface area contributed by atoms with Gasteiger partial charge in [0.2, 0.25) is 10.0 Å². The number of aromatic nitrogens is 1. The zero-order valence-electron chi connectivity index (χ0n) is 14.1. The third kappa shape index (κ3) is 2.41. The molecule has 0 radical (unpaired) electrons. The van der Waals surface area contributed by atoms with Crippen molar-refractivity contribution < 1.29 is 12.8 Å². The fourth-order valence-electron chi connectivity index (χ4n) is 4.91. The van der Waals surface area contributed by atoms with E-state index in [2.05, 4.69) is 25.8 Å². The van der Waals surface area contributed by atoms with Crippen LogP contribution < -0.4 is 5.76 Å². The van der Waals surface area contributed by atoms with Crippen LogP contribution in [-0.2, 0) is 10.0 Å². The summed E-state index contributed by atoms with van der Waals surface area (Å²) < 4.78 is 33.0. The monoisotopic (exact) mass is 350 g/mol. The first-order chi connectivity index (χ1) is 11.1. The lowest BCUT2D eigenvalue weighted by Crippen LogP contribution is -2.37. The summed E-state index contributed by atoms with van der Waals surface area (Å²) in [6.07, 6.45) is 2.83. The van der Waals surface area contributed by atoms with E-state index in [1.54, 1.807) is 16.4 Å². The maximum absolute atomic E-state index is 13.2. The minimum atomic E-state index is -3.61. The number of hydrogen-bond donors (Lipinski definition) is 1. The van der Waals surface area contributed by atoms with Gasteiger partial charge in [-0.05, 0) is 42.2 Å². The molecule has 2 fully saturated rings. The maximum atomic E-state index is 13.2. The predicted octanol–water partition coefficient (Wildman–Crippen LogP) is 2.71. The molecule has 1 aromatic heterocycles. The number of benzene rings is 1. The molecule has 6 nitrogen and oxygen atoms in total. The standard InChI is InChI=1S/C17H22N2O4S/c1-16(2)7-11-8-17(3,9-16)10-19(11)24(21,22)12-4-5-13-14(6-12)23-15(20)18-13/h4-6,11H,7-10H2,1-3H3,(H,18,20). The van der Waals surface area contributed by atoms with Gasteiger partial charge >= 0.3 is 5.76 Å². The number of rotatable bonds is 2. The second-order valence-electron chi connectivity index (χ2n) is 8.44. The van der Waals surface area contributed by atoms with E-state index in [1.807, 2.05) is 0 Å². The fourth-order valence-corrected chi connectivity index (χ4v) is 6.70. The number of hydrogen-bond acceptors (Lipinski definition) is 4. The van der Waals surface area contributed by atoms with Gasteiger partial charge in [0.25, 0.3) is 0 Å². The van der Waals surface area contributed by atoms with Crippen LogP contribution in [0.15, 0.2) is 32.3 Å². The van der Waals surface area contributed by atoms with Crippen molar-refractivity contribution in [3.8, 4) is 0 Å². The number of sulfonamides is 1. The lowest BCUT2D eigenvalue weighted by atomic mass is 9.65. The third-order valence-electron chi connectivity index (χ3n) is 5.37. The molecule has 2 aliphatic rings. The van der Waals surface area contributed by atoms with Crippen molar-refractivity contribution >= 4 is 21.1 Å². The molecule has 2 atom stereocenters. The van der Waals surface area contributed by atoms with Crippen molar-refractivity contribution in [1.29, 1.82) is 0 Å². The van der Waals surface area contributed by atoms with Crippen LogP contribution in [0.4, 0.5) is 0 Å². The molecule has 1 aromatic carbocycles. The molecule has 0 amide bonds. The van der Waals surface area contributed by atoms with E-state index in [0.29, 0.717) is 12.1 Å². The summed E-state index contributed by atoms with van der Waals surface area (Å²) in [5.41, 5.74) is 0.964. The lowest BCUT2D eigenvalue weighted by molar-refractivity contribution is 0.133. The van der Waals surface area contributed by atoms with Gasteiger partial charge in [-0.1, -0.05) is 20.8 Å². The summed E-state index contributed by atoms with van der Waals surface area (Å²) >= 11 is 0. The van der Waals surface area contributed by atoms with E-state index in [1.165, 1.54) is 6.07 Å². The molecule has 7 heteroatoms. The number of aromatic amines is 1. The first kappa shape index (κ1) is 15.9. The van der Waals surface area contributed by atoms with Crippen LogP contribution in [0.2, 0.25) is 0 Å². The molecule has 130 valence electrons. The molecule has 1 aliphatic carbocycles. The van der Waals surface area contributed by atoms with Gasteiger partial charge in [-0.25, -0.2) is 13.2 Å². The average Bonchev–Trinajstić information content (AvgIpc) is 2.92. The van der Waals surface area contributed by atoms with Crippen molar-refractivity contribution in [3.63, 3.8) is 0 Å². The highest BCUT2D eigenvalue weighted by Gasteiger charge is 2.53. The van der Waals surface area contributed by atoms with Gasteiger partial charge < -0.3 is 4.42 Å². The van der Waals surface area contributed by atoms with E-state index < -0.39 is 15.8 Å². The molecule has 4 rings (SSSR count). The number of fused-ring (bicyclic) bond motifs is 3. The Morgan fingerprint density at radius 1 is 1.25 bits per heavy atom. The maximum Gasteiger partial charge on any atom is 0.417 e. The normalized spacial score (nSPS) is 30.0. The highest BCUT2D eigenvalue weighted by atomic mass is 32.2. The Hall–Kier alpha value is -1.60. The summed E-state index contributed by atoms with van der Waals surface area (Å²) in [4.78, 5) is 14.0. The minimum Gasteiger partial charge on any atom is -0.408 e. The zero-order chi connectivity index (χ0) is 17.3. The van der Waals surface area contributed by atoms with Gasteiger partial charge in [-0.3, -0.25) is 4.98 Å². The molecule has 1 saturated carbocycles. The van der Waals surface area contributed by atoms with Crippen molar-refractivity contribution in [1.82, 2.24) is 9.29 Å². The Bertz CT molecular complexity index is 972. The molecule has 1 aliphatic heterocycles. The van der Waals surface area contributed by atoms with E-state index >= 15 is 0 Å².